The first kappa shape index (κ1) is 15.6. The number of para-hydroxylation sites is 1. The van der Waals surface area contributed by atoms with Crippen LogP contribution in [-0.4, -0.2) is 24.4 Å². The summed E-state index contributed by atoms with van der Waals surface area (Å²) in [4.78, 5) is 26.1. The number of carbonyl (C=O) groups excluding carboxylic acids is 2. The van der Waals surface area contributed by atoms with E-state index in [2.05, 4.69) is 5.32 Å². The number of rotatable bonds is 5. The molecule has 0 unspecified atom stereocenters. The normalized spacial score (nSPS) is 17.5. The molecule has 3 rings (SSSR count). The number of amides is 2. The molecule has 2 amide bonds. The number of halogens is 1. The molecule has 5 nitrogen and oxygen atoms in total. The van der Waals surface area contributed by atoms with E-state index >= 15 is 0 Å². The molecule has 120 valence electrons. The maximum absolute atomic E-state index is 12.5. The van der Waals surface area contributed by atoms with Crippen LogP contribution in [0.2, 0.25) is 5.02 Å². The predicted molar refractivity (Wildman–Crippen MR) is 87.4 cm³/mol. The lowest BCUT2D eigenvalue weighted by molar-refractivity contribution is -0.126. The summed E-state index contributed by atoms with van der Waals surface area (Å²) >= 11 is 6.14. The van der Waals surface area contributed by atoms with Crippen LogP contribution in [0.25, 0.3) is 0 Å². The largest absolute Gasteiger partial charge is 0.469 e. The van der Waals surface area contributed by atoms with Crippen molar-refractivity contribution in [2.45, 2.75) is 25.3 Å². The maximum Gasteiger partial charge on any atom is 0.249 e. The van der Waals surface area contributed by atoms with Crippen LogP contribution in [0.3, 0.4) is 0 Å². The van der Waals surface area contributed by atoms with Crippen molar-refractivity contribution in [1.82, 2.24) is 5.32 Å². The Hall–Kier alpha value is -2.27. The Morgan fingerprint density at radius 3 is 2.87 bits per heavy atom. The zero-order valence-electron chi connectivity index (χ0n) is 12.5. The smallest absolute Gasteiger partial charge is 0.249 e. The Morgan fingerprint density at radius 2 is 2.13 bits per heavy atom. The molecule has 1 fully saturated rings. The quantitative estimate of drug-likeness (QED) is 0.915. The van der Waals surface area contributed by atoms with Crippen molar-refractivity contribution in [1.29, 1.82) is 0 Å². The number of carbonyl (C=O) groups is 2. The Labute approximate surface area is 139 Å². The van der Waals surface area contributed by atoms with Crippen LogP contribution < -0.4 is 10.2 Å². The molecule has 23 heavy (non-hydrogen) atoms. The minimum Gasteiger partial charge on any atom is -0.469 e. The topological polar surface area (TPSA) is 62.6 Å². The average molecular weight is 333 g/mol. The van der Waals surface area contributed by atoms with Gasteiger partial charge in [-0.25, -0.2) is 0 Å². The summed E-state index contributed by atoms with van der Waals surface area (Å²) in [5, 5.41) is 3.33. The summed E-state index contributed by atoms with van der Waals surface area (Å²) in [7, 11) is 0. The number of benzene rings is 1. The fraction of sp³-hybridized carbons (Fsp3) is 0.294. The van der Waals surface area contributed by atoms with Gasteiger partial charge in [0.05, 0.1) is 17.0 Å². The molecule has 1 atom stereocenters. The van der Waals surface area contributed by atoms with E-state index in [9.17, 15) is 9.59 Å². The van der Waals surface area contributed by atoms with Gasteiger partial charge in [0.1, 0.15) is 11.8 Å². The molecule has 1 aromatic carbocycles. The summed E-state index contributed by atoms with van der Waals surface area (Å²) < 4.78 is 5.19. The highest BCUT2D eigenvalue weighted by Gasteiger charge is 2.34. The summed E-state index contributed by atoms with van der Waals surface area (Å²) in [6, 6.07) is 10.3. The number of hydrogen-bond acceptors (Lipinski definition) is 3. The SMILES string of the molecule is O=C(CCc1ccco1)N[C@H]1CCN(c2ccccc2Cl)C1=O. The molecule has 1 saturated heterocycles. The fourth-order valence-corrected chi connectivity index (χ4v) is 2.92. The number of furan rings is 1. The lowest BCUT2D eigenvalue weighted by Crippen LogP contribution is -2.41. The second kappa shape index (κ2) is 6.87. The zero-order valence-corrected chi connectivity index (χ0v) is 13.3. The van der Waals surface area contributed by atoms with Gasteiger partial charge >= 0.3 is 0 Å². The Balaban J connectivity index is 1.57. The first-order valence-corrected chi connectivity index (χ1v) is 7.90. The number of nitrogens with one attached hydrogen (secondary N) is 1. The molecule has 1 aliphatic heterocycles. The molecular weight excluding hydrogens is 316 g/mol. The molecule has 0 bridgehead atoms. The maximum atomic E-state index is 12.5. The number of hydrogen-bond donors (Lipinski definition) is 1. The molecule has 2 heterocycles. The van der Waals surface area contributed by atoms with E-state index in [1.165, 1.54) is 0 Å². The molecule has 0 spiro atoms. The van der Waals surface area contributed by atoms with Gasteiger partial charge in [0, 0.05) is 19.4 Å². The van der Waals surface area contributed by atoms with E-state index < -0.39 is 6.04 Å². The van der Waals surface area contributed by atoms with Crippen molar-refractivity contribution < 1.29 is 14.0 Å². The van der Waals surface area contributed by atoms with Crippen molar-refractivity contribution in [2.75, 3.05) is 11.4 Å². The number of nitrogens with zero attached hydrogens (tertiary/aromatic N) is 1. The highest BCUT2D eigenvalue weighted by Crippen LogP contribution is 2.28. The first-order chi connectivity index (χ1) is 11.1. The summed E-state index contributed by atoms with van der Waals surface area (Å²) in [5.41, 5.74) is 0.687. The van der Waals surface area contributed by atoms with Crippen LogP contribution in [-0.2, 0) is 16.0 Å². The summed E-state index contributed by atoms with van der Waals surface area (Å²) in [5.74, 6) is 0.487. The van der Waals surface area contributed by atoms with Crippen LogP contribution in [0.4, 0.5) is 5.69 Å². The highest BCUT2D eigenvalue weighted by atomic mass is 35.5. The van der Waals surface area contributed by atoms with Crippen molar-refractivity contribution >= 4 is 29.1 Å². The van der Waals surface area contributed by atoms with Gasteiger partial charge in [-0.3, -0.25) is 9.59 Å². The van der Waals surface area contributed by atoms with Crippen molar-refractivity contribution in [3.63, 3.8) is 0 Å². The van der Waals surface area contributed by atoms with Gasteiger partial charge < -0.3 is 14.6 Å². The third-order valence-electron chi connectivity index (χ3n) is 3.86. The third-order valence-corrected chi connectivity index (χ3v) is 4.18. The van der Waals surface area contributed by atoms with Gasteiger partial charge in [-0.2, -0.15) is 0 Å². The van der Waals surface area contributed by atoms with E-state index in [1.54, 1.807) is 29.4 Å². The van der Waals surface area contributed by atoms with Gasteiger partial charge in [0.15, 0.2) is 0 Å². The minimum atomic E-state index is -0.490. The van der Waals surface area contributed by atoms with Crippen molar-refractivity contribution in [3.8, 4) is 0 Å². The fourth-order valence-electron chi connectivity index (χ4n) is 2.68. The second-order valence-electron chi connectivity index (χ2n) is 5.43. The third kappa shape index (κ3) is 3.56. The zero-order chi connectivity index (χ0) is 16.2. The van der Waals surface area contributed by atoms with E-state index in [4.69, 9.17) is 16.0 Å². The number of aryl methyl sites for hydroxylation is 1. The molecule has 1 N–H and O–H groups in total. The Bertz CT molecular complexity index is 700. The van der Waals surface area contributed by atoms with Crippen LogP contribution in [0.1, 0.15) is 18.6 Å². The molecule has 1 aliphatic rings. The summed E-state index contributed by atoms with van der Waals surface area (Å²) in [6.45, 7) is 0.547. The standard InChI is InChI=1S/C17H17ClN2O3/c18-13-5-1-2-6-15(13)20-10-9-14(17(20)22)19-16(21)8-7-12-4-3-11-23-12/h1-6,11,14H,7-10H2,(H,19,21)/t14-/m0/s1. The van der Waals surface area contributed by atoms with Gasteiger partial charge in [-0.05, 0) is 30.7 Å². The van der Waals surface area contributed by atoms with Gasteiger partial charge in [-0.15, -0.1) is 0 Å². The van der Waals surface area contributed by atoms with Crippen LogP contribution in [0.5, 0.6) is 0 Å². The van der Waals surface area contributed by atoms with Gasteiger partial charge in [0.25, 0.3) is 0 Å². The molecule has 1 aromatic heterocycles. The molecule has 2 aromatic rings. The average Bonchev–Trinajstić information content (AvgIpc) is 3.17. The molecule has 0 saturated carbocycles. The predicted octanol–water partition coefficient (Wildman–Crippen LogP) is 2.79. The van der Waals surface area contributed by atoms with Crippen molar-refractivity contribution in [2.24, 2.45) is 0 Å². The highest BCUT2D eigenvalue weighted by molar-refractivity contribution is 6.34. The Morgan fingerprint density at radius 1 is 1.30 bits per heavy atom. The van der Waals surface area contributed by atoms with Gasteiger partial charge in [-0.1, -0.05) is 23.7 Å². The molecule has 0 radical (unpaired) electrons. The monoisotopic (exact) mass is 332 g/mol. The molecule has 0 aliphatic carbocycles. The van der Waals surface area contributed by atoms with Crippen LogP contribution >= 0.6 is 11.6 Å². The molecule has 6 heteroatoms. The first-order valence-electron chi connectivity index (χ1n) is 7.53. The van der Waals surface area contributed by atoms with Crippen LogP contribution in [0, 0.1) is 0 Å². The van der Waals surface area contributed by atoms with E-state index in [0.29, 0.717) is 36.5 Å². The lowest BCUT2D eigenvalue weighted by Gasteiger charge is -2.18. The lowest BCUT2D eigenvalue weighted by atomic mass is 10.2. The van der Waals surface area contributed by atoms with E-state index in [-0.39, 0.29) is 11.8 Å². The van der Waals surface area contributed by atoms with E-state index in [0.717, 1.165) is 5.76 Å². The van der Waals surface area contributed by atoms with Crippen molar-refractivity contribution in [3.05, 3.63) is 53.4 Å². The molecular formula is C17H17ClN2O3. The second-order valence-corrected chi connectivity index (χ2v) is 5.84. The summed E-state index contributed by atoms with van der Waals surface area (Å²) in [6.07, 6.45) is 2.98. The van der Waals surface area contributed by atoms with E-state index in [1.807, 2.05) is 18.2 Å². The Kier molecular flexibility index (Phi) is 4.67. The van der Waals surface area contributed by atoms with Crippen LogP contribution in [0.15, 0.2) is 47.1 Å². The number of anilines is 1. The van der Waals surface area contributed by atoms with Gasteiger partial charge in [0.2, 0.25) is 11.8 Å². The minimum absolute atomic E-state index is 0.121.